The van der Waals surface area contributed by atoms with Gasteiger partial charge in [0.05, 0.1) is 0 Å². The molecule has 0 radical (unpaired) electrons. The van der Waals surface area contributed by atoms with Gasteiger partial charge in [0.1, 0.15) is 0 Å². The Morgan fingerprint density at radius 3 is 2.03 bits per heavy atom. The molecule has 0 fully saturated rings. The van der Waals surface area contributed by atoms with E-state index in [4.69, 9.17) is 0 Å². The molecule has 0 aliphatic heterocycles. The second kappa shape index (κ2) is 6.96. The lowest BCUT2D eigenvalue weighted by molar-refractivity contribution is -0.104. The predicted octanol–water partition coefficient (Wildman–Crippen LogP) is 2.39. The molecule has 0 aliphatic carbocycles. The maximum atomic E-state index is 12.0. The number of thiophene rings is 1. The third-order valence-corrected chi connectivity index (χ3v) is 5.50. The third-order valence-electron chi connectivity index (χ3n) is 4.76. The van der Waals surface area contributed by atoms with Crippen LogP contribution in [0.2, 0.25) is 0 Å². The summed E-state index contributed by atoms with van der Waals surface area (Å²) < 4.78 is 0. The van der Waals surface area contributed by atoms with Crippen LogP contribution in [0.1, 0.15) is 20.7 Å². The number of hydrogen-bond acceptors (Lipinski definition) is 7. The molecule has 0 N–H and O–H groups in total. The summed E-state index contributed by atoms with van der Waals surface area (Å²) in [6.07, 6.45) is 0.666. The van der Waals surface area contributed by atoms with Crippen LogP contribution >= 0.6 is 11.3 Å². The van der Waals surface area contributed by atoms with Crippen molar-refractivity contribution in [1.29, 1.82) is 0 Å². The largest absolute Gasteiger partial charge is 0.298 e. The zero-order valence-corrected chi connectivity index (χ0v) is 15.4. The molecular formula is C22H10O6S. The van der Waals surface area contributed by atoms with Crippen LogP contribution in [-0.2, 0) is 4.79 Å². The van der Waals surface area contributed by atoms with Crippen molar-refractivity contribution in [2.45, 2.75) is 0 Å². The van der Waals surface area contributed by atoms with E-state index in [0.717, 1.165) is 11.1 Å². The van der Waals surface area contributed by atoms with E-state index in [9.17, 15) is 28.8 Å². The van der Waals surface area contributed by atoms with Crippen molar-refractivity contribution in [2.24, 2.45) is 0 Å². The molecule has 7 heteroatoms. The first-order chi connectivity index (χ1) is 14.0. The second-order valence-corrected chi connectivity index (χ2v) is 7.09. The first-order valence-corrected chi connectivity index (χ1v) is 9.33. The van der Waals surface area contributed by atoms with Crippen molar-refractivity contribution in [1.82, 2.24) is 0 Å². The summed E-state index contributed by atoms with van der Waals surface area (Å²) in [7, 11) is 0. The van der Waals surface area contributed by atoms with Crippen molar-refractivity contribution in [2.75, 3.05) is 0 Å². The Bertz CT molecular complexity index is 1470. The van der Waals surface area contributed by atoms with Crippen molar-refractivity contribution in [3.63, 3.8) is 0 Å². The van der Waals surface area contributed by atoms with E-state index in [0.29, 0.717) is 17.4 Å². The molecule has 0 saturated heterocycles. The van der Waals surface area contributed by atoms with Gasteiger partial charge in [0.25, 0.3) is 5.43 Å². The van der Waals surface area contributed by atoms with Gasteiger partial charge < -0.3 is 0 Å². The summed E-state index contributed by atoms with van der Waals surface area (Å²) >= 11 is 1.39. The Morgan fingerprint density at radius 2 is 1.38 bits per heavy atom. The molecule has 1 heterocycles. The lowest BCUT2D eigenvalue weighted by Crippen LogP contribution is -2.29. The van der Waals surface area contributed by atoms with Crippen LogP contribution in [0.3, 0.4) is 0 Å². The molecule has 0 spiro atoms. The van der Waals surface area contributed by atoms with Gasteiger partial charge in [-0.3, -0.25) is 28.8 Å². The highest BCUT2D eigenvalue weighted by Gasteiger charge is 2.17. The molecule has 0 aliphatic rings. The summed E-state index contributed by atoms with van der Waals surface area (Å²) in [5.41, 5.74) is 0.231. The fourth-order valence-corrected chi connectivity index (χ4v) is 4.17. The van der Waals surface area contributed by atoms with Crippen LogP contribution < -0.4 is 16.3 Å². The monoisotopic (exact) mass is 402 g/mol. The van der Waals surface area contributed by atoms with Gasteiger partial charge in [-0.2, -0.15) is 11.3 Å². The van der Waals surface area contributed by atoms with Gasteiger partial charge in [-0.1, -0.05) is 12.1 Å². The topological polar surface area (TPSA) is 102 Å². The predicted molar refractivity (Wildman–Crippen MR) is 110 cm³/mol. The number of carbonyl (C=O) groups is 3. The first kappa shape index (κ1) is 18.5. The highest BCUT2D eigenvalue weighted by molar-refractivity contribution is 7.08. The van der Waals surface area contributed by atoms with E-state index in [1.807, 2.05) is 10.8 Å². The van der Waals surface area contributed by atoms with Crippen LogP contribution in [0.15, 0.2) is 61.5 Å². The number of carbonyl (C=O) groups excluding carboxylic acids is 3. The number of benzene rings is 2. The molecule has 0 unspecified atom stereocenters. The van der Waals surface area contributed by atoms with Crippen molar-refractivity contribution in [3.8, 4) is 22.3 Å². The molecule has 0 saturated carbocycles. The van der Waals surface area contributed by atoms with Crippen LogP contribution in [0.25, 0.3) is 33.0 Å². The molecule has 0 atom stereocenters. The first-order valence-electron chi connectivity index (χ1n) is 8.39. The fourth-order valence-electron chi connectivity index (χ4n) is 3.31. The van der Waals surface area contributed by atoms with Gasteiger partial charge in [-0.15, -0.1) is 0 Å². The molecule has 4 aromatic rings. The molecule has 0 amide bonds. The average Bonchev–Trinajstić information content (AvgIpc) is 3.32. The SMILES string of the molecule is O=CC(=O)c1ccc(-c2cscc2-c2ccc3c(=O)c(=O)c(=O)c3c2)cc1C=O. The van der Waals surface area contributed by atoms with Gasteiger partial charge in [0.15, 0.2) is 12.6 Å². The van der Waals surface area contributed by atoms with Crippen molar-refractivity contribution < 1.29 is 14.4 Å². The van der Waals surface area contributed by atoms with E-state index in [2.05, 4.69) is 0 Å². The lowest BCUT2D eigenvalue weighted by Gasteiger charge is -2.08. The quantitative estimate of drug-likeness (QED) is 0.289. The normalized spacial score (nSPS) is 10.9. The highest BCUT2D eigenvalue weighted by Crippen LogP contribution is 2.36. The molecule has 4 rings (SSSR count). The Labute approximate surface area is 166 Å². The smallest absolute Gasteiger partial charge is 0.273 e. The van der Waals surface area contributed by atoms with Gasteiger partial charge in [-0.25, -0.2) is 0 Å². The Balaban J connectivity index is 1.88. The Kier molecular flexibility index (Phi) is 4.44. The molecule has 6 nitrogen and oxygen atoms in total. The summed E-state index contributed by atoms with van der Waals surface area (Å²) in [5, 5.41) is 3.85. The van der Waals surface area contributed by atoms with Crippen LogP contribution in [-0.4, -0.2) is 18.4 Å². The van der Waals surface area contributed by atoms with E-state index in [1.165, 1.54) is 35.6 Å². The number of fused-ring (bicyclic) bond motifs is 1. The zero-order chi connectivity index (χ0) is 20.7. The standard InChI is InChI=1S/C22H10O6S/c23-7-13-5-11(1-3-14(13)19(25)8-24)17-9-29-10-18(17)12-2-4-15-16(6-12)21(27)22(28)20(15)26/h1-10H. The highest BCUT2D eigenvalue weighted by atomic mass is 32.1. The number of hydrogen-bond donors (Lipinski definition) is 0. The van der Waals surface area contributed by atoms with Crippen molar-refractivity contribution >= 4 is 40.5 Å². The maximum absolute atomic E-state index is 12.0. The number of aldehydes is 2. The minimum absolute atomic E-state index is 0.0238. The molecule has 1 aromatic heterocycles. The van der Waals surface area contributed by atoms with Crippen LogP contribution in [0.5, 0.6) is 0 Å². The van der Waals surface area contributed by atoms with Gasteiger partial charge in [-0.05, 0) is 46.2 Å². The summed E-state index contributed by atoms with van der Waals surface area (Å²) in [5.74, 6) is -0.782. The minimum Gasteiger partial charge on any atom is -0.298 e. The van der Waals surface area contributed by atoms with Crippen molar-refractivity contribution in [3.05, 3.63) is 89.0 Å². The third kappa shape index (κ3) is 2.88. The van der Waals surface area contributed by atoms with E-state index >= 15 is 0 Å². The molecule has 140 valence electrons. The summed E-state index contributed by atoms with van der Waals surface area (Å²) in [6.45, 7) is 0. The van der Waals surface area contributed by atoms with Gasteiger partial charge >= 0.3 is 0 Å². The molecule has 29 heavy (non-hydrogen) atoms. The van der Waals surface area contributed by atoms with Gasteiger partial charge in [0.2, 0.25) is 16.6 Å². The summed E-state index contributed by atoms with van der Waals surface area (Å²) in [6, 6.07) is 9.18. The second-order valence-electron chi connectivity index (χ2n) is 6.35. The molecule has 3 aromatic carbocycles. The average molecular weight is 402 g/mol. The summed E-state index contributed by atoms with van der Waals surface area (Å²) in [4.78, 5) is 69.3. The van der Waals surface area contributed by atoms with E-state index < -0.39 is 22.1 Å². The zero-order valence-electron chi connectivity index (χ0n) is 14.6. The molecule has 0 bridgehead atoms. The fraction of sp³-hybridized carbons (Fsp3) is 0. The lowest BCUT2D eigenvalue weighted by atomic mass is 9.94. The van der Waals surface area contributed by atoms with Gasteiger partial charge in [0, 0.05) is 33.0 Å². The van der Waals surface area contributed by atoms with E-state index in [1.54, 1.807) is 12.1 Å². The Morgan fingerprint density at radius 1 is 0.759 bits per heavy atom. The number of Topliss-reactive ketones (excluding diaryl/α,β-unsaturated/α-hetero) is 1. The molecular weight excluding hydrogens is 392 g/mol. The maximum Gasteiger partial charge on any atom is 0.273 e. The number of ketones is 1. The number of rotatable bonds is 5. The van der Waals surface area contributed by atoms with Crippen LogP contribution in [0.4, 0.5) is 0 Å². The van der Waals surface area contributed by atoms with Crippen LogP contribution in [0, 0.1) is 0 Å². The van der Waals surface area contributed by atoms with E-state index in [-0.39, 0.29) is 28.2 Å². The Hall–Kier alpha value is -3.84. The minimum atomic E-state index is -1.03.